The Morgan fingerprint density at radius 1 is 0.969 bits per heavy atom. The van der Waals surface area contributed by atoms with E-state index in [0.717, 1.165) is 30.1 Å². The van der Waals surface area contributed by atoms with Crippen LogP contribution in [0, 0.1) is 46.3 Å². The Morgan fingerprint density at radius 3 is 2.47 bits per heavy atom. The number of allylic oxidation sites excluding steroid dienone is 5. The monoisotopic (exact) mass is 440 g/mol. The molecule has 2 nitrogen and oxygen atoms in total. The molecular formula is C30H48O2. The first-order chi connectivity index (χ1) is 15.2. The summed E-state index contributed by atoms with van der Waals surface area (Å²) in [6.45, 7) is 15.2. The van der Waals surface area contributed by atoms with Crippen molar-refractivity contribution in [2.24, 2.45) is 46.3 Å². The van der Waals surface area contributed by atoms with Crippen molar-refractivity contribution < 1.29 is 9.47 Å². The summed E-state index contributed by atoms with van der Waals surface area (Å²) in [5, 5.41) is 0. The second-order valence-electron chi connectivity index (χ2n) is 12.4. The molecule has 0 spiro atoms. The lowest BCUT2D eigenvalue weighted by molar-refractivity contribution is -0.0864. The fourth-order valence-electron chi connectivity index (χ4n) is 7.89. The standard InChI is InChI=1S/C30H48O2/c1-20(2)21(3)8-9-22(4)26-12-13-27-25-11-10-23-18-24(32-19-31-7)14-16-29(23,5)28(25)15-17-30(26,27)6/h8-11,20-22,24,26-28H,12-19H2,1-7H3/t21-,22+,24?,26+,27-,28-,29-,30+/m0/s1. The van der Waals surface area contributed by atoms with Crippen molar-refractivity contribution >= 4 is 0 Å². The molecule has 4 aliphatic carbocycles. The summed E-state index contributed by atoms with van der Waals surface area (Å²) in [6, 6.07) is 0. The highest BCUT2D eigenvalue weighted by atomic mass is 16.7. The maximum Gasteiger partial charge on any atom is 0.146 e. The van der Waals surface area contributed by atoms with Crippen LogP contribution in [-0.4, -0.2) is 20.0 Å². The van der Waals surface area contributed by atoms with Crippen LogP contribution in [-0.2, 0) is 9.47 Å². The Hall–Kier alpha value is -0.860. The molecule has 3 saturated carbocycles. The summed E-state index contributed by atoms with van der Waals surface area (Å²) in [6.07, 6.45) is 19.5. The molecule has 0 aromatic rings. The first kappa shape index (κ1) is 24.3. The van der Waals surface area contributed by atoms with Crippen LogP contribution in [0.3, 0.4) is 0 Å². The zero-order valence-corrected chi connectivity index (χ0v) is 21.8. The molecule has 180 valence electrons. The molecule has 1 unspecified atom stereocenters. The van der Waals surface area contributed by atoms with E-state index in [2.05, 4.69) is 65.8 Å². The van der Waals surface area contributed by atoms with E-state index in [0.29, 0.717) is 35.6 Å². The third-order valence-corrected chi connectivity index (χ3v) is 10.4. The molecule has 0 radical (unpaired) electrons. The molecule has 0 saturated heterocycles. The fourth-order valence-corrected chi connectivity index (χ4v) is 7.89. The number of fused-ring (bicyclic) bond motifs is 5. The number of methoxy groups -OCH3 is 1. The Kier molecular flexibility index (Phi) is 7.14. The Bertz CT molecular complexity index is 761. The largest absolute Gasteiger partial charge is 0.359 e. The van der Waals surface area contributed by atoms with Crippen molar-refractivity contribution in [2.45, 2.75) is 92.6 Å². The van der Waals surface area contributed by atoms with Crippen LogP contribution in [0.1, 0.15) is 86.5 Å². The van der Waals surface area contributed by atoms with Crippen LogP contribution in [0.25, 0.3) is 0 Å². The molecule has 0 N–H and O–H groups in total. The van der Waals surface area contributed by atoms with E-state index < -0.39 is 0 Å². The highest BCUT2D eigenvalue weighted by Gasteiger charge is 2.56. The third kappa shape index (κ3) is 4.20. The van der Waals surface area contributed by atoms with Gasteiger partial charge in [-0.1, -0.05) is 77.0 Å². The highest BCUT2D eigenvalue weighted by Crippen LogP contribution is 2.66. The molecule has 0 bridgehead atoms. The van der Waals surface area contributed by atoms with Crippen molar-refractivity contribution in [3.8, 4) is 0 Å². The highest BCUT2D eigenvalue weighted by molar-refractivity contribution is 5.39. The van der Waals surface area contributed by atoms with Gasteiger partial charge in [-0.15, -0.1) is 0 Å². The smallest absolute Gasteiger partial charge is 0.146 e. The molecule has 8 atom stereocenters. The third-order valence-electron chi connectivity index (χ3n) is 10.4. The van der Waals surface area contributed by atoms with Gasteiger partial charge in [0, 0.05) is 7.11 Å². The van der Waals surface area contributed by atoms with Gasteiger partial charge in [0.05, 0.1) is 6.10 Å². The van der Waals surface area contributed by atoms with Gasteiger partial charge in [0.2, 0.25) is 0 Å². The number of hydrogen-bond acceptors (Lipinski definition) is 2. The molecule has 0 aliphatic heterocycles. The molecule has 0 heterocycles. The van der Waals surface area contributed by atoms with E-state index in [-0.39, 0.29) is 0 Å². The van der Waals surface area contributed by atoms with E-state index in [4.69, 9.17) is 9.47 Å². The van der Waals surface area contributed by atoms with Gasteiger partial charge in [-0.2, -0.15) is 0 Å². The summed E-state index contributed by atoms with van der Waals surface area (Å²) in [4.78, 5) is 0. The first-order valence-electron chi connectivity index (χ1n) is 13.4. The lowest BCUT2D eigenvalue weighted by Gasteiger charge is -2.55. The van der Waals surface area contributed by atoms with Crippen LogP contribution in [0.2, 0.25) is 0 Å². The Balaban J connectivity index is 1.52. The molecule has 4 rings (SSSR count). The molecule has 0 aromatic heterocycles. The van der Waals surface area contributed by atoms with Crippen LogP contribution in [0.4, 0.5) is 0 Å². The van der Waals surface area contributed by atoms with Crippen molar-refractivity contribution in [1.29, 1.82) is 0 Å². The van der Waals surface area contributed by atoms with Crippen molar-refractivity contribution in [3.05, 3.63) is 35.5 Å². The second-order valence-corrected chi connectivity index (χ2v) is 12.4. The summed E-state index contributed by atoms with van der Waals surface area (Å²) in [7, 11) is 1.72. The van der Waals surface area contributed by atoms with E-state index in [1.54, 1.807) is 18.3 Å². The molecule has 32 heavy (non-hydrogen) atoms. The van der Waals surface area contributed by atoms with Gasteiger partial charge in [0.1, 0.15) is 6.79 Å². The number of hydrogen-bond donors (Lipinski definition) is 0. The van der Waals surface area contributed by atoms with E-state index in [1.165, 1.54) is 38.5 Å². The van der Waals surface area contributed by atoms with Crippen LogP contribution >= 0.6 is 0 Å². The number of ether oxygens (including phenoxy) is 2. The maximum absolute atomic E-state index is 5.95. The average Bonchev–Trinajstić information content (AvgIpc) is 3.12. The normalized spacial score (nSPS) is 41.0. The molecule has 0 aromatic carbocycles. The maximum atomic E-state index is 5.95. The van der Waals surface area contributed by atoms with Crippen molar-refractivity contribution in [3.63, 3.8) is 0 Å². The topological polar surface area (TPSA) is 18.5 Å². The molecule has 3 fully saturated rings. The predicted molar refractivity (Wildman–Crippen MR) is 134 cm³/mol. The first-order valence-corrected chi connectivity index (χ1v) is 13.4. The fraction of sp³-hybridized carbons (Fsp3) is 0.800. The van der Waals surface area contributed by atoms with Crippen LogP contribution in [0.15, 0.2) is 35.5 Å². The quantitative estimate of drug-likeness (QED) is 0.295. The summed E-state index contributed by atoms with van der Waals surface area (Å²) < 4.78 is 11.1. The van der Waals surface area contributed by atoms with Gasteiger partial charge in [-0.05, 0) is 91.3 Å². The van der Waals surface area contributed by atoms with Gasteiger partial charge in [0.15, 0.2) is 0 Å². The van der Waals surface area contributed by atoms with Gasteiger partial charge in [-0.3, -0.25) is 0 Å². The lowest BCUT2D eigenvalue weighted by atomic mass is 9.50. The molecule has 0 amide bonds. The minimum absolute atomic E-state index is 0.329. The van der Waals surface area contributed by atoms with Crippen LogP contribution < -0.4 is 0 Å². The zero-order valence-electron chi connectivity index (χ0n) is 21.8. The average molecular weight is 441 g/mol. The predicted octanol–water partition coefficient (Wildman–Crippen LogP) is 7.96. The van der Waals surface area contributed by atoms with E-state index >= 15 is 0 Å². The lowest BCUT2D eigenvalue weighted by Crippen LogP contribution is -2.46. The Morgan fingerprint density at radius 2 is 1.75 bits per heavy atom. The van der Waals surface area contributed by atoms with Crippen LogP contribution in [0.5, 0.6) is 0 Å². The SMILES string of the molecule is COCOC1CC[C@@]2(C)C(=CC=C3[C@@H]4CC[C@H]([C@H](C)C=C[C@H](C)C(C)C)[C@@]4(C)CC[C@@H]32)C1. The number of rotatable bonds is 7. The van der Waals surface area contributed by atoms with Gasteiger partial charge < -0.3 is 9.47 Å². The van der Waals surface area contributed by atoms with Crippen molar-refractivity contribution in [1.82, 2.24) is 0 Å². The van der Waals surface area contributed by atoms with Gasteiger partial charge in [-0.25, -0.2) is 0 Å². The Labute approximate surface area is 197 Å². The summed E-state index contributed by atoms with van der Waals surface area (Å²) in [5.74, 6) is 4.43. The second kappa shape index (κ2) is 9.41. The van der Waals surface area contributed by atoms with Gasteiger partial charge >= 0.3 is 0 Å². The van der Waals surface area contributed by atoms with Gasteiger partial charge in [0.25, 0.3) is 0 Å². The zero-order chi connectivity index (χ0) is 23.1. The molecule has 2 heteroatoms. The van der Waals surface area contributed by atoms with E-state index in [1.807, 2.05) is 0 Å². The van der Waals surface area contributed by atoms with E-state index in [9.17, 15) is 0 Å². The molecular weight excluding hydrogens is 392 g/mol. The minimum atomic E-state index is 0.329. The summed E-state index contributed by atoms with van der Waals surface area (Å²) in [5.41, 5.74) is 4.24. The van der Waals surface area contributed by atoms with Crippen molar-refractivity contribution in [2.75, 3.05) is 13.9 Å². The molecule has 4 aliphatic rings. The summed E-state index contributed by atoms with van der Waals surface area (Å²) >= 11 is 0. The minimum Gasteiger partial charge on any atom is -0.359 e.